The van der Waals surface area contributed by atoms with Crippen molar-refractivity contribution in [1.82, 2.24) is 0 Å². The standard InChI is InChI=1S/C16H34N2O/c1-14(13-17)9-6-4-2-3-5-7-10-15(18)16-11-8-12-19-16/h14-16H,2-13,17-18H2,1H3. The van der Waals surface area contributed by atoms with E-state index in [-0.39, 0.29) is 6.04 Å². The first-order valence-corrected chi connectivity index (χ1v) is 8.31. The van der Waals surface area contributed by atoms with Gasteiger partial charge >= 0.3 is 0 Å². The molecule has 3 heteroatoms. The van der Waals surface area contributed by atoms with E-state index < -0.39 is 0 Å². The Balaban J connectivity index is 1.83. The first kappa shape index (κ1) is 16.9. The van der Waals surface area contributed by atoms with Crippen LogP contribution in [0.2, 0.25) is 0 Å². The molecule has 1 saturated heterocycles. The van der Waals surface area contributed by atoms with Crippen LogP contribution in [0.5, 0.6) is 0 Å². The average molecular weight is 270 g/mol. The molecule has 0 aromatic rings. The van der Waals surface area contributed by atoms with Crippen LogP contribution in [0, 0.1) is 5.92 Å². The summed E-state index contributed by atoms with van der Waals surface area (Å²) in [6.07, 6.45) is 13.2. The summed E-state index contributed by atoms with van der Waals surface area (Å²) in [6.45, 7) is 3.99. The second-order valence-corrected chi connectivity index (χ2v) is 6.25. The molecule has 0 amide bonds. The lowest BCUT2D eigenvalue weighted by Gasteiger charge is -2.18. The van der Waals surface area contributed by atoms with Gasteiger partial charge in [0.25, 0.3) is 0 Å². The summed E-state index contributed by atoms with van der Waals surface area (Å²) in [7, 11) is 0. The Morgan fingerprint density at radius 2 is 1.68 bits per heavy atom. The fourth-order valence-electron chi connectivity index (χ4n) is 2.82. The van der Waals surface area contributed by atoms with Gasteiger partial charge in [0.05, 0.1) is 6.10 Å². The van der Waals surface area contributed by atoms with Crippen LogP contribution in [0.1, 0.15) is 71.1 Å². The van der Waals surface area contributed by atoms with Crippen molar-refractivity contribution in [2.24, 2.45) is 17.4 Å². The molecule has 0 spiro atoms. The molecule has 3 nitrogen and oxygen atoms in total. The molecule has 3 unspecified atom stereocenters. The number of nitrogens with two attached hydrogens (primary N) is 2. The molecule has 19 heavy (non-hydrogen) atoms. The van der Waals surface area contributed by atoms with E-state index in [0.717, 1.165) is 19.6 Å². The zero-order valence-electron chi connectivity index (χ0n) is 12.8. The van der Waals surface area contributed by atoms with Crippen molar-refractivity contribution >= 4 is 0 Å². The van der Waals surface area contributed by atoms with Crippen LogP contribution < -0.4 is 11.5 Å². The molecule has 1 fully saturated rings. The minimum atomic E-state index is 0.271. The van der Waals surface area contributed by atoms with Gasteiger partial charge in [-0.2, -0.15) is 0 Å². The Morgan fingerprint density at radius 3 is 2.26 bits per heavy atom. The van der Waals surface area contributed by atoms with Gasteiger partial charge in [0.15, 0.2) is 0 Å². The molecule has 3 atom stereocenters. The van der Waals surface area contributed by atoms with Crippen molar-refractivity contribution in [3.05, 3.63) is 0 Å². The highest BCUT2D eigenvalue weighted by molar-refractivity contribution is 4.77. The monoisotopic (exact) mass is 270 g/mol. The fraction of sp³-hybridized carbons (Fsp3) is 1.00. The first-order valence-electron chi connectivity index (χ1n) is 8.31. The van der Waals surface area contributed by atoms with Crippen molar-refractivity contribution in [2.45, 2.75) is 83.3 Å². The molecular weight excluding hydrogens is 236 g/mol. The van der Waals surface area contributed by atoms with Crippen LogP contribution in [0.25, 0.3) is 0 Å². The lowest BCUT2D eigenvalue weighted by Crippen LogP contribution is -2.33. The minimum Gasteiger partial charge on any atom is -0.377 e. The summed E-state index contributed by atoms with van der Waals surface area (Å²) in [6, 6.07) is 0.271. The smallest absolute Gasteiger partial charge is 0.0726 e. The molecule has 0 aromatic heterocycles. The van der Waals surface area contributed by atoms with E-state index >= 15 is 0 Å². The summed E-state index contributed by atoms with van der Waals surface area (Å²) in [5.41, 5.74) is 11.8. The van der Waals surface area contributed by atoms with E-state index in [1.165, 1.54) is 57.8 Å². The molecule has 0 bridgehead atoms. The normalized spacial score (nSPS) is 22.6. The third kappa shape index (κ3) is 7.91. The topological polar surface area (TPSA) is 61.3 Å². The van der Waals surface area contributed by atoms with Gasteiger partial charge in [-0.1, -0.05) is 45.4 Å². The lowest BCUT2D eigenvalue weighted by molar-refractivity contribution is 0.0867. The molecule has 0 radical (unpaired) electrons. The van der Waals surface area contributed by atoms with Crippen molar-refractivity contribution in [2.75, 3.05) is 13.2 Å². The van der Waals surface area contributed by atoms with Crippen LogP contribution in [0.3, 0.4) is 0 Å². The fourth-order valence-corrected chi connectivity index (χ4v) is 2.82. The zero-order valence-corrected chi connectivity index (χ0v) is 12.8. The summed E-state index contributed by atoms with van der Waals surface area (Å²) >= 11 is 0. The van der Waals surface area contributed by atoms with E-state index in [4.69, 9.17) is 16.2 Å². The van der Waals surface area contributed by atoms with E-state index in [1.54, 1.807) is 0 Å². The van der Waals surface area contributed by atoms with Crippen molar-refractivity contribution in [1.29, 1.82) is 0 Å². The second kappa shape index (κ2) is 10.6. The van der Waals surface area contributed by atoms with Gasteiger partial charge in [0.1, 0.15) is 0 Å². The Morgan fingerprint density at radius 1 is 1.05 bits per heavy atom. The van der Waals surface area contributed by atoms with Gasteiger partial charge in [-0.05, 0) is 38.1 Å². The third-order valence-corrected chi connectivity index (χ3v) is 4.33. The van der Waals surface area contributed by atoms with Crippen LogP contribution in [-0.4, -0.2) is 25.3 Å². The number of ether oxygens (including phenoxy) is 1. The van der Waals surface area contributed by atoms with E-state index in [0.29, 0.717) is 12.0 Å². The van der Waals surface area contributed by atoms with Gasteiger partial charge in [-0.15, -0.1) is 0 Å². The molecule has 0 aromatic carbocycles. The van der Waals surface area contributed by atoms with Crippen LogP contribution in [-0.2, 0) is 4.74 Å². The highest BCUT2D eigenvalue weighted by Crippen LogP contribution is 2.18. The van der Waals surface area contributed by atoms with E-state index in [9.17, 15) is 0 Å². The predicted octanol–water partition coefficient (Wildman–Crippen LogP) is 3.21. The van der Waals surface area contributed by atoms with Crippen molar-refractivity contribution in [3.63, 3.8) is 0 Å². The number of hydrogen-bond acceptors (Lipinski definition) is 3. The summed E-state index contributed by atoms with van der Waals surface area (Å²) in [4.78, 5) is 0. The molecule has 114 valence electrons. The summed E-state index contributed by atoms with van der Waals surface area (Å²) < 4.78 is 5.62. The maximum atomic E-state index is 6.15. The average Bonchev–Trinajstić information content (AvgIpc) is 2.95. The zero-order chi connectivity index (χ0) is 13.9. The molecule has 1 aliphatic heterocycles. The molecule has 1 aliphatic rings. The molecule has 1 rings (SSSR count). The lowest BCUT2D eigenvalue weighted by atomic mass is 9.99. The first-order chi connectivity index (χ1) is 9.24. The predicted molar refractivity (Wildman–Crippen MR) is 82.1 cm³/mol. The molecule has 1 heterocycles. The Hall–Kier alpha value is -0.120. The quantitative estimate of drug-likeness (QED) is 0.567. The maximum Gasteiger partial charge on any atom is 0.0726 e. The van der Waals surface area contributed by atoms with E-state index in [2.05, 4.69) is 6.92 Å². The Labute approximate surface area is 119 Å². The molecule has 0 saturated carbocycles. The van der Waals surface area contributed by atoms with Crippen LogP contribution >= 0.6 is 0 Å². The van der Waals surface area contributed by atoms with E-state index in [1.807, 2.05) is 0 Å². The van der Waals surface area contributed by atoms with Crippen LogP contribution in [0.4, 0.5) is 0 Å². The van der Waals surface area contributed by atoms with Crippen LogP contribution in [0.15, 0.2) is 0 Å². The largest absolute Gasteiger partial charge is 0.377 e. The van der Waals surface area contributed by atoms with Gasteiger partial charge < -0.3 is 16.2 Å². The maximum absolute atomic E-state index is 6.15. The highest BCUT2D eigenvalue weighted by atomic mass is 16.5. The molecular formula is C16H34N2O. The number of hydrogen-bond donors (Lipinski definition) is 2. The van der Waals surface area contributed by atoms with Gasteiger partial charge in [-0.3, -0.25) is 0 Å². The van der Waals surface area contributed by atoms with Crippen molar-refractivity contribution in [3.8, 4) is 0 Å². The summed E-state index contributed by atoms with van der Waals surface area (Å²) in [5.74, 6) is 0.699. The Kier molecular flexibility index (Phi) is 9.48. The Bertz CT molecular complexity index is 205. The van der Waals surface area contributed by atoms with Gasteiger partial charge in [0.2, 0.25) is 0 Å². The highest BCUT2D eigenvalue weighted by Gasteiger charge is 2.21. The summed E-state index contributed by atoms with van der Waals surface area (Å²) in [5, 5.41) is 0. The third-order valence-electron chi connectivity index (χ3n) is 4.33. The minimum absolute atomic E-state index is 0.271. The SMILES string of the molecule is CC(CN)CCCCCCCCC(N)C1CCCO1. The number of rotatable bonds is 11. The number of unbranched alkanes of at least 4 members (excludes halogenated alkanes) is 5. The molecule has 4 N–H and O–H groups in total. The van der Waals surface area contributed by atoms with Gasteiger partial charge in [-0.25, -0.2) is 0 Å². The second-order valence-electron chi connectivity index (χ2n) is 6.25. The van der Waals surface area contributed by atoms with Gasteiger partial charge in [0, 0.05) is 12.6 Å². The molecule has 0 aliphatic carbocycles. The van der Waals surface area contributed by atoms with Crippen molar-refractivity contribution < 1.29 is 4.74 Å².